The normalized spacial score (nSPS) is 11.7. The second-order valence-electron chi connectivity index (χ2n) is 4.54. The number of nitrogens with zero attached hydrogens (tertiary/aromatic N) is 1. The lowest BCUT2D eigenvalue weighted by molar-refractivity contribution is -0.119. The van der Waals surface area contributed by atoms with E-state index in [1.165, 1.54) is 11.8 Å². The monoisotopic (exact) mass is 302 g/mol. The number of hydrogen-bond acceptors (Lipinski definition) is 4. The van der Waals surface area contributed by atoms with Crippen molar-refractivity contribution in [2.45, 2.75) is 17.9 Å². The zero-order valence-corrected chi connectivity index (χ0v) is 12.9. The fourth-order valence-electron chi connectivity index (χ4n) is 1.84. The van der Waals surface area contributed by atoms with Gasteiger partial charge in [-0.3, -0.25) is 9.78 Å². The summed E-state index contributed by atoms with van der Waals surface area (Å²) in [7, 11) is 1.63. The van der Waals surface area contributed by atoms with Crippen molar-refractivity contribution in [2.75, 3.05) is 12.9 Å². The Balaban J connectivity index is 1.84. The van der Waals surface area contributed by atoms with Crippen LogP contribution >= 0.6 is 11.8 Å². The number of amides is 1. The van der Waals surface area contributed by atoms with E-state index in [0.29, 0.717) is 5.75 Å². The number of nitrogens with one attached hydrogen (secondary N) is 1. The van der Waals surface area contributed by atoms with Crippen LogP contribution < -0.4 is 10.1 Å². The highest BCUT2D eigenvalue weighted by Gasteiger charge is 2.10. The van der Waals surface area contributed by atoms with Crippen LogP contribution in [0.2, 0.25) is 0 Å². The summed E-state index contributed by atoms with van der Waals surface area (Å²) in [4.78, 5) is 17.0. The van der Waals surface area contributed by atoms with Crippen LogP contribution in [0.15, 0.2) is 53.7 Å². The Morgan fingerprint density at radius 1 is 1.38 bits per heavy atom. The van der Waals surface area contributed by atoms with Crippen LogP contribution in [-0.2, 0) is 4.79 Å². The molecule has 0 aliphatic heterocycles. The van der Waals surface area contributed by atoms with Gasteiger partial charge in [0.1, 0.15) is 5.75 Å². The zero-order chi connectivity index (χ0) is 15.1. The highest BCUT2D eigenvalue weighted by atomic mass is 32.2. The molecule has 1 N–H and O–H groups in total. The van der Waals surface area contributed by atoms with E-state index in [9.17, 15) is 4.79 Å². The van der Waals surface area contributed by atoms with Gasteiger partial charge in [0.2, 0.25) is 5.91 Å². The van der Waals surface area contributed by atoms with Crippen LogP contribution in [0.1, 0.15) is 18.5 Å². The van der Waals surface area contributed by atoms with Crippen LogP contribution in [0.3, 0.4) is 0 Å². The first-order valence-corrected chi connectivity index (χ1v) is 7.63. The number of carbonyl (C=O) groups excluding carboxylic acids is 1. The van der Waals surface area contributed by atoms with Gasteiger partial charge in [0.05, 0.1) is 18.9 Å². The van der Waals surface area contributed by atoms with E-state index >= 15 is 0 Å². The fraction of sp³-hybridized carbons (Fsp3) is 0.250. The van der Waals surface area contributed by atoms with E-state index in [-0.39, 0.29) is 11.9 Å². The summed E-state index contributed by atoms with van der Waals surface area (Å²) in [5, 5.41) is 2.96. The molecular weight excluding hydrogens is 284 g/mol. The quantitative estimate of drug-likeness (QED) is 0.833. The van der Waals surface area contributed by atoms with Crippen molar-refractivity contribution in [1.29, 1.82) is 0 Å². The summed E-state index contributed by atoms with van der Waals surface area (Å²) in [5.41, 5.74) is 0.997. The zero-order valence-electron chi connectivity index (χ0n) is 12.1. The number of aromatic nitrogens is 1. The Hall–Kier alpha value is -2.01. The molecule has 0 bridgehead atoms. The van der Waals surface area contributed by atoms with E-state index in [4.69, 9.17) is 4.74 Å². The Labute approximate surface area is 128 Å². The van der Waals surface area contributed by atoms with Gasteiger partial charge in [-0.2, -0.15) is 0 Å². The Morgan fingerprint density at radius 2 is 2.24 bits per heavy atom. The van der Waals surface area contributed by atoms with Crippen LogP contribution in [-0.4, -0.2) is 23.8 Å². The van der Waals surface area contributed by atoms with Gasteiger partial charge < -0.3 is 10.1 Å². The number of thioether (sulfide) groups is 1. The minimum atomic E-state index is -0.0443. The Kier molecular flexibility index (Phi) is 5.63. The van der Waals surface area contributed by atoms with Gasteiger partial charge in [-0.25, -0.2) is 0 Å². The van der Waals surface area contributed by atoms with E-state index < -0.39 is 0 Å². The summed E-state index contributed by atoms with van der Waals surface area (Å²) >= 11 is 1.49. The molecule has 2 aromatic rings. The van der Waals surface area contributed by atoms with E-state index in [0.717, 1.165) is 16.2 Å². The number of rotatable bonds is 6. The minimum Gasteiger partial charge on any atom is -0.497 e. The van der Waals surface area contributed by atoms with E-state index in [1.807, 2.05) is 43.3 Å². The molecule has 0 spiro atoms. The van der Waals surface area contributed by atoms with Crippen molar-refractivity contribution in [1.82, 2.24) is 10.3 Å². The lowest BCUT2D eigenvalue weighted by atomic mass is 10.1. The minimum absolute atomic E-state index is 0.000766. The van der Waals surface area contributed by atoms with Gasteiger partial charge in [0, 0.05) is 17.3 Å². The van der Waals surface area contributed by atoms with Crippen molar-refractivity contribution in [3.63, 3.8) is 0 Å². The molecule has 1 aromatic carbocycles. The molecule has 0 aliphatic rings. The molecule has 0 saturated carbocycles. The van der Waals surface area contributed by atoms with Gasteiger partial charge in [0.15, 0.2) is 0 Å². The van der Waals surface area contributed by atoms with Crippen LogP contribution in [0.5, 0.6) is 5.75 Å². The van der Waals surface area contributed by atoms with E-state index in [2.05, 4.69) is 10.3 Å². The summed E-state index contributed by atoms with van der Waals surface area (Å²) in [6.45, 7) is 1.95. The average Bonchev–Trinajstić information content (AvgIpc) is 2.54. The van der Waals surface area contributed by atoms with Crippen LogP contribution in [0.25, 0.3) is 0 Å². The molecule has 0 radical (unpaired) electrons. The molecule has 1 amide bonds. The molecular formula is C16H18N2O2S. The fourth-order valence-corrected chi connectivity index (χ4v) is 2.59. The second-order valence-corrected chi connectivity index (χ2v) is 5.59. The molecule has 1 heterocycles. The maximum atomic E-state index is 12.0. The lowest BCUT2D eigenvalue weighted by Gasteiger charge is -2.13. The van der Waals surface area contributed by atoms with Crippen molar-refractivity contribution in [2.24, 2.45) is 0 Å². The third-order valence-electron chi connectivity index (χ3n) is 2.97. The largest absolute Gasteiger partial charge is 0.497 e. The Morgan fingerprint density at radius 3 is 2.95 bits per heavy atom. The first-order valence-electron chi connectivity index (χ1n) is 6.65. The number of methoxy groups -OCH3 is 1. The molecule has 21 heavy (non-hydrogen) atoms. The third-order valence-corrected chi connectivity index (χ3v) is 3.97. The summed E-state index contributed by atoms with van der Waals surface area (Å²) < 4.78 is 5.16. The number of carbonyl (C=O) groups is 1. The van der Waals surface area contributed by atoms with Crippen molar-refractivity contribution in [3.05, 3.63) is 54.4 Å². The summed E-state index contributed by atoms with van der Waals surface area (Å²) in [6, 6.07) is 11.5. The highest BCUT2D eigenvalue weighted by molar-refractivity contribution is 8.00. The maximum absolute atomic E-state index is 12.0. The first kappa shape index (κ1) is 15.4. The first-order chi connectivity index (χ1) is 10.2. The molecule has 1 aromatic heterocycles. The standard InChI is InChI=1S/C16H18N2O2S/c1-12(13-5-4-8-17-10-13)18-16(19)11-21-15-7-3-6-14(9-15)20-2/h3-10,12H,11H2,1-2H3,(H,18,19)/t12-/m0/s1. The lowest BCUT2D eigenvalue weighted by Crippen LogP contribution is -2.28. The molecule has 0 saturated heterocycles. The van der Waals surface area contributed by atoms with Crippen molar-refractivity contribution in [3.8, 4) is 5.75 Å². The molecule has 1 atom stereocenters. The van der Waals surface area contributed by atoms with Crippen molar-refractivity contribution < 1.29 is 9.53 Å². The molecule has 4 nitrogen and oxygen atoms in total. The highest BCUT2D eigenvalue weighted by Crippen LogP contribution is 2.22. The average molecular weight is 302 g/mol. The smallest absolute Gasteiger partial charge is 0.230 e. The third kappa shape index (κ3) is 4.79. The van der Waals surface area contributed by atoms with Crippen LogP contribution in [0.4, 0.5) is 0 Å². The maximum Gasteiger partial charge on any atom is 0.230 e. The molecule has 110 valence electrons. The molecule has 0 unspecified atom stereocenters. The topological polar surface area (TPSA) is 51.2 Å². The predicted molar refractivity (Wildman–Crippen MR) is 84.5 cm³/mol. The van der Waals surface area contributed by atoms with E-state index in [1.54, 1.807) is 19.5 Å². The van der Waals surface area contributed by atoms with Gasteiger partial charge in [0.25, 0.3) is 0 Å². The molecule has 2 rings (SSSR count). The van der Waals surface area contributed by atoms with Gasteiger partial charge in [-0.15, -0.1) is 11.8 Å². The number of hydrogen-bond donors (Lipinski definition) is 1. The van der Waals surface area contributed by atoms with Crippen molar-refractivity contribution >= 4 is 17.7 Å². The summed E-state index contributed by atoms with van der Waals surface area (Å²) in [6.07, 6.45) is 3.48. The Bertz CT molecular complexity index is 590. The van der Waals surface area contributed by atoms with Crippen LogP contribution in [0, 0.1) is 0 Å². The molecule has 5 heteroatoms. The number of pyridine rings is 1. The number of benzene rings is 1. The van der Waals surface area contributed by atoms with Gasteiger partial charge >= 0.3 is 0 Å². The van der Waals surface area contributed by atoms with Gasteiger partial charge in [-0.1, -0.05) is 12.1 Å². The van der Waals surface area contributed by atoms with Gasteiger partial charge in [-0.05, 0) is 36.8 Å². The second kappa shape index (κ2) is 7.69. The molecule has 0 aliphatic carbocycles. The molecule has 0 fully saturated rings. The predicted octanol–water partition coefficient (Wildman–Crippen LogP) is 3.06. The SMILES string of the molecule is COc1cccc(SCC(=O)N[C@@H](C)c2cccnc2)c1. The summed E-state index contributed by atoms with van der Waals surface area (Å²) in [5.74, 6) is 1.17. The number of ether oxygens (including phenoxy) is 1.